The van der Waals surface area contributed by atoms with Crippen molar-refractivity contribution >= 4 is 39.1 Å². The summed E-state index contributed by atoms with van der Waals surface area (Å²) >= 11 is 3.26. The van der Waals surface area contributed by atoms with Gasteiger partial charge < -0.3 is 19.9 Å². The van der Waals surface area contributed by atoms with Gasteiger partial charge in [-0.2, -0.15) is 0 Å². The van der Waals surface area contributed by atoms with Crippen molar-refractivity contribution in [1.82, 2.24) is 4.90 Å². The minimum absolute atomic E-state index is 0.122. The number of morpholine rings is 1. The summed E-state index contributed by atoms with van der Waals surface area (Å²) in [5.41, 5.74) is 1.92. The number of hydrogen-bond donors (Lipinski definition) is 1. The van der Waals surface area contributed by atoms with Crippen molar-refractivity contribution in [3.8, 4) is 0 Å². The van der Waals surface area contributed by atoms with Crippen molar-refractivity contribution in [2.75, 3.05) is 49.6 Å². The van der Waals surface area contributed by atoms with Crippen molar-refractivity contribution < 1.29 is 18.7 Å². The molecule has 1 aliphatic heterocycles. The molecule has 0 saturated carbocycles. The second-order valence-corrected chi connectivity index (χ2v) is 7.49. The molecule has 1 fully saturated rings. The summed E-state index contributed by atoms with van der Waals surface area (Å²) in [5, 5.41) is 2.81. The van der Waals surface area contributed by atoms with E-state index in [0.29, 0.717) is 29.9 Å². The zero-order valence-corrected chi connectivity index (χ0v) is 17.7. The zero-order chi connectivity index (χ0) is 20.8. The number of anilines is 2. The van der Waals surface area contributed by atoms with Crippen molar-refractivity contribution in [2.45, 2.75) is 6.92 Å². The van der Waals surface area contributed by atoms with E-state index in [4.69, 9.17) is 4.74 Å². The number of nitrogens with zero attached hydrogens (tertiary/aromatic N) is 2. The molecule has 1 saturated heterocycles. The summed E-state index contributed by atoms with van der Waals surface area (Å²) in [6.07, 6.45) is 0. The van der Waals surface area contributed by atoms with E-state index in [1.165, 1.54) is 17.0 Å². The van der Waals surface area contributed by atoms with E-state index in [1.807, 2.05) is 24.3 Å². The Bertz CT molecular complexity index is 870. The van der Waals surface area contributed by atoms with Crippen LogP contribution >= 0.6 is 15.9 Å². The highest BCUT2D eigenvalue weighted by atomic mass is 79.9. The Balaban J connectivity index is 1.61. The van der Waals surface area contributed by atoms with E-state index in [2.05, 4.69) is 26.1 Å². The van der Waals surface area contributed by atoms with Gasteiger partial charge in [0.1, 0.15) is 12.4 Å². The molecule has 0 aromatic heterocycles. The van der Waals surface area contributed by atoms with Gasteiger partial charge in [0.15, 0.2) is 0 Å². The lowest BCUT2D eigenvalue weighted by molar-refractivity contribution is -0.116. The second kappa shape index (κ2) is 9.84. The number of carbonyl (C=O) groups is 2. The van der Waals surface area contributed by atoms with Gasteiger partial charge in [-0.25, -0.2) is 4.39 Å². The lowest BCUT2D eigenvalue weighted by Gasteiger charge is -2.29. The van der Waals surface area contributed by atoms with E-state index < -0.39 is 11.7 Å². The summed E-state index contributed by atoms with van der Waals surface area (Å²) in [7, 11) is 0. The fraction of sp³-hybridized carbons (Fsp3) is 0.333. The number of hydrogen-bond acceptors (Lipinski definition) is 4. The smallest absolute Gasteiger partial charge is 0.255 e. The lowest BCUT2D eigenvalue weighted by Crippen LogP contribution is -2.38. The van der Waals surface area contributed by atoms with Crippen LogP contribution in [0.4, 0.5) is 15.8 Å². The average Bonchev–Trinajstić information content (AvgIpc) is 2.74. The summed E-state index contributed by atoms with van der Waals surface area (Å²) < 4.78 is 19.4. The van der Waals surface area contributed by atoms with Gasteiger partial charge in [0, 0.05) is 35.5 Å². The van der Waals surface area contributed by atoms with Crippen LogP contribution in [0.2, 0.25) is 0 Å². The number of ether oxygens (including phenoxy) is 1. The molecule has 29 heavy (non-hydrogen) atoms. The quantitative estimate of drug-likeness (QED) is 0.711. The summed E-state index contributed by atoms with van der Waals surface area (Å²) in [6, 6.07) is 11.5. The summed E-state index contributed by atoms with van der Waals surface area (Å²) in [6.45, 7) is 5.08. The molecule has 0 bridgehead atoms. The van der Waals surface area contributed by atoms with Gasteiger partial charge in [-0.3, -0.25) is 9.59 Å². The lowest BCUT2D eigenvalue weighted by atomic mass is 10.2. The SMILES string of the molecule is CCN(CC(=O)Nc1ccc(N2CCOCC2)cc1)C(=O)c1cc(F)ccc1Br. The van der Waals surface area contributed by atoms with Crippen molar-refractivity contribution in [2.24, 2.45) is 0 Å². The van der Waals surface area contributed by atoms with Crippen LogP contribution in [0.3, 0.4) is 0 Å². The first-order valence-corrected chi connectivity index (χ1v) is 10.2. The number of rotatable bonds is 6. The number of amides is 2. The van der Waals surface area contributed by atoms with Crippen molar-refractivity contribution in [1.29, 1.82) is 0 Å². The monoisotopic (exact) mass is 463 g/mol. The highest BCUT2D eigenvalue weighted by molar-refractivity contribution is 9.10. The number of carbonyl (C=O) groups excluding carboxylic acids is 2. The van der Waals surface area contributed by atoms with Crippen LogP contribution in [0, 0.1) is 5.82 Å². The van der Waals surface area contributed by atoms with Gasteiger partial charge in [0.25, 0.3) is 5.91 Å². The summed E-state index contributed by atoms with van der Waals surface area (Å²) in [5.74, 6) is -1.22. The van der Waals surface area contributed by atoms with E-state index in [9.17, 15) is 14.0 Å². The molecule has 2 aromatic carbocycles. The Morgan fingerprint density at radius 2 is 1.86 bits per heavy atom. The van der Waals surface area contributed by atoms with E-state index in [-0.39, 0.29) is 18.0 Å². The van der Waals surface area contributed by atoms with Crippen molar-refractivity contribution in [3.05, 3.63) is 58.3 Å². The topological polar surface area (TPSA) is 61.9 Å². The molecule has 0 radical (unpaired) electrons. The first-order valence-electron chi connectivity index (χ1n) is 9.45. The standard InChI is InChI=1S/C21H23BrFN3O3/c1-2-25(21(28)18-13-15(23)3-8-19(18)22)14-20(27)24-16-4-6-17(7-5-16)26-9-11-29-12-10-26/h3-8,13H,2,9-12,14H2,1H3,(H,24,27). The van der Waals surface area contributed by atoms with Crippen molar-refractivity contribution in [3.63, 3.8) is 0 Å². The van der Waals surface area contributed by atoms with Gasteiger partial charge in [-0.05, 0) is 65.3 Å². The fourth-order valence-electron chi connectivity index (χ4n) is 3.11. The average molecular weight is 464 g/mol. The molecular weight excluding hydrogens is 441 g/mol. The molecular formula is C21H23BrFN3O3. The van der Waals surface area contributed by atoms with E-state index >= 15 is 0 Å². The molecule has 2 amide bonds. The zero-order valence-electron chi connectivity index (χ0n) is 16.2. The first kappa shape index (κ1) is 21.3. The van der Waals surface area contributed by atoms with Crippen LogP contribution < -0.4 is 10.2 Å². The molecule has 1 heterocycles. The molecule has 0 atom stereocenters. The Hall–Kier alpha value is -2.45. The maximum Gasteiger partial charge on any atom is 0.255 e. The number of likely N-dealkylation sites (N-methyl/N-ethyl adjacent to an activating group) is 1. The van der Waals surface area contributed by atoms with Crippen LogP contribution in [0.25, 0.3) is 0 Å². The normalized spacial score (nSPS) is 13.8. The maximum absolute atomic E-state index is 13.5. The summed E-state index contributed by atoms with van der Waals surface area (Å²) in [4.78, 5) is 28.7. The second-order valence-electron chi connectivity index (χ2n) is 6.64. The Labute approximate surface area is 177 Å². The Morgan fingerprint density at radius 3 is 2.52 bits per heavy atom. The van der Waals surface area contributed by atoms with Gasteiger partial charge >= 0.3 is 0 Å². The molecule has 1 aliphatic rings. The van der Waals surface area contributed by atoms with Crippen LogP contribution in [-0.4, -0.2) is 56.1 Å². The number of benzene rings is 2. The fourth-order valence-corrected chi connectivity index (χ4v) is 3.53. The molecule has 0 unspecified atom stereocenters. The molecule has 154 valence electrons. The minimum atomic E-state index is -0.502. The van der Waals surface area contributed by atoms with Gasteiger partial charge in [-0.15, -0.1) is 0 Å². The van der Waals surface area contributed by atoms with E-state index in [1.54, 1.807) is 6.92 Å². The highest BCUT2D eigenvalue weighted by Gasteiger charge is 2.20. The van der Waals surface area contributed by atoms with Crippen LogP contribution in [0.15, 0.2) is 46.9 Å². The molecule has 0 aliphatic carbocycles. The predicted molar refractivity (Wildman–Crippen MR) is 114 cm³/mol. The third kappa shape index (κ3) is 5.55. The van der Waals surface area contributed by atoms with Crippen LogP contribution in [0.1, 0.15) is 17.3 Å². The molecule has 1 N–H and O–H groups in total. The largest absolute Gasteiger partial charge is 0.378 e. The first-order chi connectivity index (χ1) is 14.0. The number of halogens is 2. The number of nitrogens with one attached hydrogen (secondary N) is 1. The van der Waals surface area contributed by atoms with Gasteiger partial charge in [0.2, 0.25) is 5.91 Å². The van der Waals surface area contributed by atoms with Gasteiger partial charge in [-0.1, -0.05) is 0 Å². The molecule has 3 rings (SSSR count). The minimum Gasteiger partial charge on any atom is -0.378 e. The molecule has 2 aromatic rings. The Morgan fingerprint density at radius 1 is 1.17 bits per heavy atom. The van der Waals surface area contributed by atoms with Crippen LogP contribution in [-0.2, 0) is 9.53 Å². The third-order valence-corrected chi connectivity index (χ3v) is 5.38. The maximum atomic E-state index is 13.5. The van der Waals surface area contributed by atoms with Gasteiger partial charge in [0.05, 0.1) is 18.8 Å². The highest BCUT2D eigenvalue weighted by Crippen LogP contribution is 2.21. The third-order valence-electron chi connectivity index (χ3n) is 4.69. The predicted octanol–water partition coefficient (Wildman–Crippen LogP) is 3.53. The van der Waals surface area contributed by atoms with Crippen LogP contribution in [0.5, 0.6) is 0 Å². The molecule has 8 heteroatoms. The Kier molecular flexibility index (Phi) is 7.22. The molecule has 0 spiro atoms. The molecule has 6 nitrogen and oxygen atoms in total. The van der Waals surface area contributed by atoms with E-state index in [0.717, 1.165) is 24.8 Å².